The molecule has 0 aliphatic rings. The predicted octanol–water partition coefficient (Wildman–Crippen LogP) is 2.93. The van der Waals surface area contributed by atoms with Crippen LogP contribution in [0.25, 0.3) is 11.6 Å². The van der Waals surface area contributed by atoms with Gasteiger partial charge in [-0.05, 0) is 30.5 Å². The molecule has 1 atom stereocenters. The Morgan fingerprint density at radius 1 is 1.13 bits per heavy atom. The first kappa shape index (κ1) is 15.5. The number of nitrogens with one attached hydrogen (secondary N) is 1. The van der Waals surface area contributed by atoms with E-state index in [2.05, 4.69) is 27.6 Å². The van der Waals surface area contributed by atoms with Gasteiger partial charge in [0.25, 0.3) is 0 Å². The van der Waals surface area contributed by atoms with E-state index in [-0.39, 0.29) is 12.6 Å². The van der Waals surface area contributed by atoms with E-state index >= 15 is 0 Å². The Morgan fingerprint density at radius 3 is 2.74 bits per heavy atom. The zero-order valence-corrected chi connectivity index (χ0v) is 12.7. The third-order valence-electron chi connectivity index (χ3n) is 3.56. The van der Waals surface area contributed by atoms with Crippen LogP contribution in [-0.4, -0.2) is 21.9 Å². The van der Waals surface area contributed by atoms with Gasteiger partial charge in [0.2, 0.25) is 11.7 Å². The van der Waals surface area contributed by atoms with Gasteiger partial charge in [-0.15, -0.1) is 0 Å². The molecule has 2 aromatic heterocycles. The van der Waals surface area contributed by atoms with E-state index in [4.69, 9.17) is 14.0 Å². The minimum atomic E-state index is 0.127. The molecule has 0 radical (unpaired) electrons. The monoisotopic (exact) mass is 313 g/mol. The molecule has 6 nitrogen and oxygen atoms in total. The molecular formula is C17H19N3O3. The van der Waals surface area contributed by atoms with Crippen molar-refractivity contribution in [2.24, 2.45) is 0 Å². The standard InChI is InChI=1S/C17H19N3O3/c21-10-4-8-14(13-6-2-1-3-7-13)18-12-16-19-17(20-23-16)15-9-5-11-22-15/h1-3,5-7,9,11,14,18,21H,4,8,10,12H2. The van der Waals surface area contributed by atoms with E-state index in [1.165, 1.54) is 5.56 Å². The highest BCUT2D eigenvalue weighted by Crippen LogP contribution is 2.20. The van der Waals surface area contributed by atoms with Crippen molar-refractivity contribution in [3.8, 4) is 11.6 Å². The Labute approximate surface area is 134 Å². The van der Waals surface area contributed by atoms with Crippen LogP contribution in [0, 0.1) is 0 Å². The van der Waals surface area contributed by atoms with Crippen LogP contribution in [0.5, 0.6) is 0 Å². The average Bonchev–Trinajstić information content (AvgIpc) is 3.27. The molecule has 0 fully saturated rings. The van der Waals surface area contributed by atoms with Gasteiger partial charge in [-0.2, -0.15) is 4.98 Å². The molecule has 3 aromatic rings. The molecule has 6 heteroatoms. The lowest BCUT2D eigenvalue weighted by molar-refractivity contribution is 0.272. The normalized spacial score (nSPS) is 12.4. The third kappa shape index (κ3) is 4.06. The smallest absolute Gasteiger partial charge is 0.241 e. The SMILES string of the molecule is OCCCC(NCc1nc(-c2ccco2)no1)c1ccccc1. The first-order valence-electron chi connectivity index (χ1n) is 7.62. The maximum absolute atomic E-state index is 9.08. The lowest BCUT2D eigenvalue weighted by Gasteiger charge is -2.17. The van der Waals surface area contributed by atoms with Crippen molar-refractivity contribution in [1.82, 2.24) is 15.5 Å². The lowest BCUT2D eigenvalue weighted by atomic mass is 10.0. The Morgan fingerprint density at radius 2 is 2.00 bits per heavy atom. The van der Waals surface area contributed by atoms with Gasteiger partial charge in [-0.25, -0.2) is 0 Å². The second kappa shape index (κ2) is 7.71. The van der Waals surface area contributed by atoms with Crippen LogP contribution in [0.3, 0.4) is 0 Å². The van der Waals surface area contributed by atoms with E-state index in [1.807, 2.05) is 18.2 Å². The van der Waals surface area contributed by atoms with Gasteiger partial charge >= 0.3 is 0 Å². The molecule has 2 heterocycles. The topological polar surface area (TPSA) is 84.3 Å². The van der Waals surface area contributed by atoms with Crippen molar-refractivity contribution >= 4 is 0 Å². The molecule has 0 spiro atoms. The first-order chi connectivity index (χ1) is 11.4. The highest BCUT2D eigenvalue weighted by Gasteiger charge is 2.14. The lowest BCUT2D eigenvalue weighted by Crippen LogP contribution is -2.21. The van der Waals surface area contributed by atoms with Crippen LogP contribution in [0.1, 0.15) is 30.3 Å². The van der Waals surface area contributed by atoms with E-state index < -0.39 is 0 Å². The van der Waals surface area contributed by atoms with E-state index in [0.717, 1.165) is 12.8 Å². The number of benzene rings is 1. The number of furan rings is 1. The van der Waals surface area contributed by atoms with Gasteiger partial charge in [-0.3, -0.25) is 0 Å². The summed E-state index contributed by atoms with van der Waals surface area (Å²) in [5.41, 5.74) is 1.17. The summed E-state index contributed by atoms with van der Waals surface area (Å²) >= 11 is 0. The number of nitrogens with zero attached hydrogens (tertiary/aromatic N) is 2. The Hall–Kier alpha value is -2.44. The van der Waals surface area contributed by atoms with Crippen molar-refractivity contribution in [1.29, 1.82) is 0 Å². The molecule has 0 aliphatic heterocycles. The van der Waals surface area contributed by atoms with Crippen molar-refractivity contribution < 1.29 is 14.0 Å². The average molecular weight is 313 g/mol. The van der Waals surface area contributed by atoms with Gasteiger partial charge in [0.1, 0.15) is 0 Å². The van der Waals surface area contributed by atoms with Crippen molar-refractivity contribution in [2.75, 3.05) is 6.61 Å². The summed E-state index contributed by atoms with van der Waals surface area (Å²) in [4.78, 5) is 4.32. The molecule has 0 bridgehead atoms. The number of aliphatic hydroxyl groups excluding tert-OH is 1. The zero-order valence-electron chi connectivity index (χ0n) is 12.7. The summed E-state index contributed by atoms with van der Waals surface area (Å²) in [6.45, 7) is 0.632. The van der Waals surface area contributed by atoms with Crippen LogP contribution in [-0.2, 0) is 6.54 Å². The second-order valence-electron chi connectivity index (χ2n) is 5.20. The van der Waals surface area contributed by atoms with Crippen LogP contribution in [0.2, 0.25) is 0 Å². The first-order valence-corrected chi connectivity index (χ1v) is 7.62. The quantitative estimate of drug-likeness (QED) is 0.665. The Bertz CT molecular complexity index is 695. The van der Waals surface area contributed by atoms with Gasteiger partial charge in [-0.1, -0.05) is 35.5 Å². The summed E-state index contributed by atoms with van der Waals surface area (Å²) in [6, 6.07) is 13.8. The highest BCUT2D eigenvalue weighted by molar-refractivity contribution is 5.44. The van der Waals surface area contributed by atoms with Crippen molar-refractivity contribution in [2.45, 2.75) is 25.4 Å². The Kier molecular flexibility index (Phi) is 5.18. The number of rotatable bonds is 8. The maximum atomic E-state index is 9.08. The van der Waals surface area contributed by atoms with Crippen molar-refractivity contribution in [3.05, 3.63) is 60.2 Å². The fourth-order valence-electron chi connectivity index (χ4n) is 2.41. The summed E-state index contributed by atoms with van der Waals surface area (Å²) in [6.07, 6.45) is 3.14. The highest BCUT2D eigenvalue weighted by atomic mass is 16.5. The van der Waals surface area contributed by atoms with Crippen LogP contribution < -0.4 is 5.32 Å². The molecule has 0 aliphatic carbocycles. The molecule has 3 rings (SSSR count). The van der Waals surface area contributed by atoms with Crippen LogP contribution >= 0.6 is 0 Å². The molecule has 23 heavy (non-hydrogen) atoms. The minimum absolute atomic E-state index is 0.127. The Balaban J connectivity index is 1.64. The third-order valence-corrected chi connectivity index (χ3v) is 3.56. The van der Waals surface area contributed by atoms with Crippen LogP contribution in [0.4, 0.5) is 0 Å². The molecule has 120 valence electrons. The van der Waals surface area contributed by atoms with E-state index in [0.29, 0.717) is 24.0 Å². The van der Waals surface area contributed by atoms with Crippen LogP contribution in [0.15, 0.2) is 57.7 Å². The number of aliphatic hydroxyl groups is 1. The number of hydrogen-bond donors (Lipinski definition) is 2. The summed E-state index contributed by atoms with van der Waals surface area (Å²) in [7, 11) is 0. The molecule has 0 amide bonds. The zero-order chi connectivity index (χ0) is 15.9. The van der Waals surface area contributed by atoms with Gasteiger partial charge < -0.3 is 19.4 Å². The fourth-order valence-corrected chi connectivity index (χ4v) is 2.41. The molecule has 0 saturated heterocycles. The van der Waals surface area contributed by atoms with Gasteiger partial charge in [0.05, 0.1) is 12.8 Å². The van der Waals surface area contributed by atoms with Gasteiger partial charge in [0.15, 0.2) is 5.76 Å². The fraction of sp³-hybridized carbons (Fsp3) is 0.294. The largest absolute Gasteiger partial charge is 0.461 e. The molecule has 1 aromatic carbocycles. The molecule has 2 N–H and O–H groups in total. The van der Waals surface area contributed by atoms with Crippen molar-refractivity contribution in [3.63, 3.8) is 0 Å². The van der Waals surface area contributed by atoms with E-state index in [9.17, 15) is 0 Å². The second-order valence-corrected chi connectivity index (χ2v) is 5.20. The predicted molar refractivity (Wildman–Crippen MR) is 84.3 cm³/mol. The molecule has 0 saturated carbocycles. The summed E-state index contributed by atoms with van der Waals surface area (Å²) in [5.74, 6) is 1.53. The van der Waals surface area contributed by atoms with E-state index in [1.54, 1.807) is 18.4 Å². The summed E-state index contributed by atoms with van der Waals surface area (Å²) < 4.78 is 10.5. The number of hydrogen-bond acceptors (Lipinski definition) is 6. The number of aromatic nitrogens is 2. The molecule has 1 unspecified atom stereocenters. The maximum Gasteiger partial charge on any atom is 0.241 e. The minimum Gasteiger partial charge on any atom is -0.461 e. The van der Waals surface area contributed by atoms with Gasteiger partial charge in [0, 0.05) is 12.6 Å². The molecular weight excluding hydrogens is 294 g/mol. The summed E-state index contributed by atoms with van der Waals surface area (Å²) in [5, 5.41) is 16.4.